The molecule has 7 atom stereocenters. The minimum atomic E-state index is -1.95. The molecular weight excluding hydrogens is 881 g/mol. The number of para-hydroxylation sites is 1. The molecule has 0 aliphatic carbocycles. The van der Waals surface area contributed by atoms with E-state index in [0.29, 0.717) is 37.8 Å². The monoisotopic (exact) mass is 947 g/mol. The van der Waals surface area contributed by atoms with E-state index >= 15 is 0 Å². The predicted molar refractivity (Wildman–Crippen MR) is 248 cm³/mol. The van der Waals surface area contributed by atoms with Gasteiger partial charge in [0.25, 0.3) is 0 Å². The summed E-state index contributed by atoms with van der Waals surface area (Å²) in [6.45, 7) is 3.53. The Kier molecular flexibility index (Phi) is 19.4. The number of rotatable bonds is 16. The Morgan fingerprint density at radius 3 is 2.31 bits per heavy atom. The first-order valence-electron chi connectivity index (χ1n) is 23.4. The van der Waals surface area contributed by atoms with Gasteiger partial charge in [0.1, 0.15) is 42.3 Å². The lowest BCUT2D eigenvalue weighted by Crippen LogP contribution is -2.64. The number of unbranched alkanes of at least 4 members (excludes halogenated alkanes) is 2. The summed E-state index contributed by atoms with van der Waals surface area (Å²) in [4.78, 5) is 138. The third-order valence-electron chi connectivity index (χ3n) is 12.4. The van der Waals surface area contributed by atoms with Crippen LogP contribution in [0.4, 0.5) is 0 Å². The van der Waals surface area contributed by atoms with Gasteiger partial charge in [0.05, 0.1) is 12.7 Å². The fourth-order valence-corrected chi connectivity index (χ4v) is 8.93. The van der Waals surface area contributed by atoms with Crippen molar-refractivity contribution in [1.29, 1.82) is 0 Å². The van der Waals surface area contributed by atoms with Crippen LogP contribution in [0.2, 0.25) is 0 Å². The number of aromatic amines is 2. The highest BCUT2D eigenvalue weighted by Gasteiger charge is 2.44. The second-order valence-electron chi connectivity index (χ2n) is 17.5. The van der Waals surface area contributed by atoms with Gasteiger partial charge in [0, 0.05) is 61.8 Å². The van der Waals surface area contributed by atoms with Crippen molar-refractivity contribution in [1.82, 2.24) is 51.3 Å². The van der Waals surface area contributed by atoms with Crippen molar-refractivity contribution in [3.05, 3.63) is 54.2 Å². The summed E-state index contributed by atoms with van der Waals surface area (Å²) in [5, 5.41) is 24.8. The van der Waals surface area contributed by atoms with Crippen molar-refractivity contribution in [2.24, 2.45) is 11.5 Å². The molecule has 12 N–H and O–H groups in total. The number of imidazole rings is 1. The Bertz CT molecular complexity index is 2250. The molecule has 1 aromatic carbocycles. The fraction of sp³-hybridized carbons (Fsp3) is 0.565. The molecule has 8 amide bonds. The quantitative estimate of drug-likeness (QED) is 0.0833. The third-order valence-corrected chi connectivity index (χ3v) is 12.4. The smallest absolute Gasteiger partial charge is 0.305 e. The second-order valence-corrected chi connectivity index (χ2v) is 17.5. The van der Waals surface area contributed by atoms with Crippen LogP contribution in [0.1, 0.15) is 102 Å². The standard InChI is InChI=1S/C46H66N12O10/c1-3-4-13-33(53-27(2)59)46(68)58-36(40(48)62)16-8-10-19-50-41(63)34(21-28-24-51-31-14-6-5-12-30(28)31)55-43(65)37-17-11-20-57(37)45(67)32(15-7-9-18-47)54-42(64)35(22-29-25-49-26-52-29)56-44(66)38(58)23-39(60)61/h5-6,12,14,24-26,32-38,51H,3-4,7-11,13,15-23,47H2,1-2H3,(H2,48,62)(H,49,52)(H,50,63)(H,53,59)(H,54,64)(H,55,65)(H,56,66)(H,60,61)/t32-,33+,34+,35+,36+,37+,38+/m1/s1. The lowest BCUT2D eigenvalue weighted by molar-refractivity contribution is -0.154. The molecule has 2 saturated heterocycles. The molecule has 0 saturated carbocycles. The fourth-order valence-electron chi connectivity index (χ4n) is 8.93. The van der Waals surface area contributed by atoms with Crippen molar-refractivity contribution in [2.45, 2.75) is 146 Å². The van der Waals surface area contributed by atoms with E-state index in [1.54, 1.807) is 6.20 Å². The Balaban J connectivity index is 1.60. The van der Waals surface area contributed by atoms with Crippen LogP contribution < -0.4 is 38.1 Å². The molecule has 22 nitrogen and oxygen atoms in total. The molecule has 68 heavy (non-hydrogen) atoms. The summed E-state index contributed by atoms with van der Waals surface area (Å²) in [6, 6.07) is -2.21. The summed E-state index contributed by atoms with van der Waals surface area (Å²) in [6.07, 6.45) is 6.25. The number of carbonyl (C=O) groups is 9. The van der Waals surface area contributed by atoms with Gasteiger partial charge in [0.15, 0.2) is 0 Å². The van der Waals surface area contributed by atoms with Gasteiger partial charge in [-0.05, 0) is 76.0 Å². The van der Waals surface area contributed by atoms with Gasteiger partial charge in [-0.25, -0.2) is 4.98 Å². The number of carbonyl (C=O) groups excluding carboxylic acids is 8. The molecule has 5 rings (SSSR count). The van der Waals surface area contributed by atoms with Crippen LogP contribution in [0.15, 0.2) is 43.0 Å². The van der Waals surface area contributed by atoms with Crippen LogP contribution in [-0.4, -0.2) is 145 Å². The number of nitrogens with two attached hydrogens (primary N) is 2. The Morgan fingerprint density at radius 1 is 0.882 bits per heavy atom. The van der Waals surface area contributed by atoms with Crippen molar-refractivity contribution >= 4 is 64.1 Å². The largest absolute Gasteiger partial charge is 0.481 e. The van der Waals surface area contributed by atoms with Gasteiger partial charge in [-0.1, -0.05) is 38.0 Å². The van der Waals surface area contributed by atoms with E-state index in [0.717, 1.165) is 21.4 Å². The molecule has 2 aromatic heterocycles. The van der Waals surface area contributed by atoms with Gasteiger partial charge in [-0.2, -0.15) is 0 Å². The first-order chi connectivity index (χ1) is 32.6. The number of nitrogens with one attached hydrogen (secondary N) is 7. The van der Waals surface area contributed by atoms with E-state index in [1.807, 2.05) is 31.2 Å². The Labute approximate surface area is 394 Å². The van der Waals surface area contributed by atoms with E-state index in [4.69, 9.17) is 11.5 Å². The van der Waals surface area contributed by atoms with Gasteiger partial charge in [-0.3, -0.25) is 43.2 Å². The van der Waals surface area contributed by atoms with Crippen LogP contribution in [0, 0.1) is 0 Å². The number of carboxylic acids is 1. The topological polar surface area (TPSA) is 337 Å². The zero-order valence-corrected chi connectivity index (χ0v) is 38.7. The summed E-state index contributed by atoms with van der Waals surface area (Å²) < 4.78 is 0. The van der Waals surface area contributed by atoms with E-state index < -0.39 is 102 Å². The van der Waals surface area contributed by atoms with Crippen molar-refractivity contribution in [2.75, 3.05) is 19.6 Å². The van der Waals surface area contributed by atoms with Crippen LogP contribution in [0.3, 0.4) is 0 Å². The van der Waals surface area contributed by atoms with Gasteiger partial charge >= 0.3 is 5.97 Å². The lowest BCUT2D eigenvalue weighted by atomic mass is 9.98. The molecule has 2 fully saturated rings. The number of H-pyrrole nitrogens is 2. The average molecular weight is 947 g/mol. The number of carboxylic acid groups (broad SMARTS) is 1. The van der Waals surface area contributed by atoms with E-state index in [1.165, 1.54) is 24.3 Å². The number of hydrogen-bond acceptors (Lipinski definition) is 11. The van der Waals surface area contributed by atoms with Crippen molar-refractivity contribution in [3.8, 4) is 0 Å². The molecule has 0 bridgehead atoms. The number of amides is 8. The Morgan fingerprint density at radius 2 is 1.62 bits per heavy atom. The predicted octanol–water partition coefficient (Wildman–Crippen LogP) is -0.229. The van der Waals surface area contributed by atoms with E-state index in [2.05, 4.69) is 41.5 Å². The Hall–Kier alpha value is -6.84. The maximum absolute atomic E-state index is 14.7. The number of fused-ring (bicyclic) bond motifs is 2. The summed E-state index contributed by atoms with van der Waals surface area (Å²) in [7, 11) is 0. The zero-order chi connectivity index (χ0) is 49.3. The van der Waals surface area contributed by atoms with Crippen LogP contribution in [0.5, 0.6) is 0 Å². The number of primary amides is 1. The SMILES string of the molecule is CCCC[C@H](NC(C)=O)C(=O)N1[C@H](C(N)=O)CCCCNC(=O)[C@H](Cc2c[nH]c3ccccc23)NC(=O)[C@@H]2CCCN2C(=O)[C@@H](CCCCN)NC(=O)[C@H](Cc2cnc[nH]2)NC(=O)[C@@H]1CC(=O)O. The molecule has 3 aromatic rings. The molecule has 22 heteroatoms. The van der Waals surface area contributed by atoms with Gasteiger partial charge in [-0.15, -0.1) is 0 Å². The van der Waals surface area contributed by atoms with Crippen LogP contribution in [0.25, 0.3) is 10.9 Å². The maximum Gasteiger partial charge on any atom is 0.305 e. The summed E-state index contributed by atoms with van der Waals surface area (Å²) in [5.74, 6) is -7.82. The highest BCUT2D eigenvalue weighted by Crippen LogP contribution is 2.24. The van der Waals surface area contributed by atoms with Gasteiger partial charge in [0.2, 0.25) is 47.3 Å². The molecule has 0 spiro atoms. The second kappa shape index (κ2) is 25.3. The first-order valence-corrected chi connectivity index (χ1v) is 23.4. The highest BCUT2D eigenvalue weighted by atomic mass is 16.4. The summed E-state index contributed by atoms with van der Waals surface area (Å²) in [5.41, 5.74) is 13.7. The molecule has 370 valence electrons. The zero-order valence-electron chi connectivity index (χ0n) is 38.7. The number of hydrogen-bond donors (Lipinski definition) is 10. The number of benzene rings is 1. The molecular formula is C46H66N12O10. The van der Waals surface area contributed by atoms with Gasteiger partial charge < -0.3 is 62.9 Å². The summed E-state index contributed by atoms with van der Waals surface area (Å²) >= 11 is 0. The third kappa shape index (κ3) is 14.1. The average Bonchev–Trinajstić information content (AvgIpc) is 4.10. The molecule has 0 unspecified atom stereocenters. The number of aliphatic carboxylic acids is 1. The van der Waals surface area contributed by atoms with Crippen molar-refractivity contribution < 1.29 is 48.3 Å². The van der Waals surface area contributed by atoms with E-state index in [9.17, 15) is 48.3 Å². The molecule has 2 aliphatic rings. The number of aromatic nitrogens is 3. The normalized spacial score (nSPS) is 23.1. The van der Waals surface area contributed by atoms with Crippen LogP contribution >= 0.6 is 0 Å². The lowest BCUT2D eigenvalue weighted by Gasteiger charge is -2.38. The number of nitrogens with zero attached hydrogens (tertiary/aromatic N) is 3. The van der Waals surface area contributed by atoms with Crippen molar-refractivity contribution in [3.63, 3.8) is 0 Å². The van der Waals surface area contributed by atoms with Crippen LogP contribution in [-0.2, 0) is 56.0 Å². The first kappa shape index (κ1) is 52.1. The highest BCUT2D eigenvalue weighted by molar-refractivity contribution is 5.99. The molecule has 2 aliphatic heterocycles. The molecule has 0 radical (unpaired) electrons. The molecule has 4 heterocycles. The maximum atomic E-state index is 14.7. The van der Waals surface area contributed by atoms with E-state index in [-0.39, 0.29) is 71.0 Å². The minimum absolute atomic E-state index is 0.0319. The minimum Gasteiger partial charge on any atom is -0.481 e.